The third-order valence-electron chi connectivity index (χ3n) is 4.61. The van der Waals surface area contributed by atoms with E-state index in [2.05, 4.69) is 26.2 Å². The van der Waals surface area contributed by atoms with Crippen LogP contribution in [0.25, 0.3) is 10.9 Å². The molecule has 128 valence electrons. The van der Waals surface area contributed by atoms with Crippen molar-refractivity contribution in [3.05, 3.63) is 39.4 Å². The first-order valence-electron chi connectivity index (χ1n) is 8.18. The minimum atomic E-state index is -0.108. The highest BCUT2D eigenvalue weighted by atomic mass is 79.9. The average molecular weight is 393 g/mol. The molecule has 1 aliphatic rings. The third kappa shape index (κ3) is 3.67. The van der Waals surface area contributed by atoms with Crippen LogP contribution in [0, 0.1) is 0 Å². The zero-order chi connectivity index (χ0) is 17.1. The Balaban J connectivity index is 1.66. The number of rotatable bonds is 4. The van der Waals surface area contributed by atoms with E-state index in [1.165, 1.54) is 10.9 Å². The van der Waals surface area contributed by atoms with Crippen LogP contribution >= 0.6 is 15.9 Å². The number of nitrogens with one attached hydrogen (secondary N) is 1. The van der Waals surface area contributed by atoms with Gasteiger partial charge in [0.2, 0.25) is 5.91 Å². The van der Waals surface area contributed by atoms with Gasteiger partial charge in [-0.1, -0.05) is 15.9 Å². The van der Waals surface area contributed by atoms with E-state index in [1.807, 2.05) is 24.1 Å². The summed E-state index contributed by atoms with van der Waals surface area (Å²) >= 11 is 3.37. The van der Waals surface area contributed by atoms with Crippen LogP contribution in [0.4, 0.5) is 0 Å². The van der Waals surface area contributed by atoms with Crippen LogP contribution in [0.5, 0.6) is 0 Å². The second kappa shape index (κ2) is 7.44. The number of piperidine rings is 1. The van der Waals surface area contributed by atoms with Crippen molar-refractivity contribution in [2.45, 2.75) is 31.8 Å². The molecule has 0 atom stereocenters. The highest BCUT2D eigenvalue weighted by Gasteiger charge is 2.21. The number of likely N-dealkylation sites (tertiary alicyclic amines) is 1. The molecule has 1 fully saturated rings. The summed E-state index contributed by atoms with van der Waals surface area (Å²) in [6.45, 7) is 1.92. The van der Waals surface area contributed by atoms with Crippen LogP contribution in [0.2, 0.25) is 0 Å². The van der Waals surface area contributed by atoms with Crippen LogP contribution in [-0.2, 0) is 11.3 Å². The van der Waals surface area contributed by atoms with Gasteiger partial charge in [0.25, 0.3) is 5.56 Å². The molecule has 7 heteroatoms. The van der Waals surface area contributed by atoms with Crippen molar-refractivity contribution in [2.75, 3.05) is 20.1 Å². The number of benzene rings is 1. The number of carbonyl (C=O) groups excluding carboxylic acids is 1. The van der Waals surface area contributed by atoms with Crippen LogP contribution < -0.4 is 10.9 Å². The Morgan fingerprint density at radius 1 is 1.38 bits per heavy atom. The highest BCUT2D eigenvalue weighted by Crippen LogP contribution is 2.15. The molecule has 6 nitrogen and oxygen atoms in total. The van der Waals surface area contributed by atoms with E-state index in [9.17, 15) is 9.59 Å². The molecule has 0 unspecified atom stereocenters. The lowest BCUT2D eigenvalue weighted by Crippen LogP contribution is -2.44. The number of aromatic nitrogens is 2. The molecular formula is C17H21BrN4O2. The maximum Gasteiger partial charge on any atom is 0.261 e. The van der Waals surface area contributed by atoms with Crippen LogP contribution in [-0.4, -0.2) is 46.5 Å². The van der Waals surface area contributed by atoms with Crippen molar-refractivity contribution in [1.82, 2.24) is 19.8 Å². The molecule has 0 spiro atoms. The smallest absolute Gasteiger partial charge is 0.261 e. The Morgan fingerprint density at radius 3 is 2.83 bits per heavy atom. The summed E-state index contributed by atoms with van der Waals surface area (Å²) in [7, 11) is 1.96. The second-order valence-electron chi connectivity index (χ2n) is 6.10. The fraction of sp³-hybridized carbons (Fsp3) is 0.471. The predicted octanol–water partition coefficient (Wildman–Crippen LogP) is 1.76. The molecule has 2 heterocycles. The molecule has 1 aromatic carbocycles. The molecule has 1 aliphatic heterocycles. The topological polar surface area (TPSA) is 67.2 Å². The van der Waals surface area contributed by atoms with Gasteiger partial charge in [-0.2, -0.15) is 0 Å². The minimum Gasteiger partial charge on any atom is -0.343 e. The number of hydrogen-bond donors (Lipinski definition) is 1. The van der Waals surface area contributed by atoms with Gasteiger partial charge in [-0.3, -0.25) is 14.2 Å². The normalized spacial score (nSPS) is 15.8. The van der Waals surface area contributed by atoms with Gasteiger partial charge in [-0.25, -0.2) is 4.98 Å². The Bertz CT molecular complexity index is 797. The van der Waals surface area contributed by atoms with E-state index in [0.29, 0.717) is 29.9 Å². The monoisotopic (exact) mass is 392 g/mol. The van der Waals surface area contributed by atoms with Crippen LogP contribution in [0.15, 0.2) is 33.8 Å². The average Bonchev–Trinajstić information content (AvgIpc) is 2.61. The Hall–Kier alpha value is -1.73. The van der Waals surface area contributed by atoms with E-state index in [0.717, 1.165) is 30.4 Å². The van der Waals surface area contributed by atoms with Gasteiger partial charge in [0.1, 0.15) is 0 Å². The van der Waals surface area contributed by atoms with Gasteiger partial charge >= 0.3 is 0 Å². The van der Waals surface area contributed by atoms with Crippen molar-refractivity contribution in [3.63, 3.8) is 0 Å². The minimum absolute atomic E-state index is 0.103. The lowest BCUT2D eigenvalue weighted by Gasteiger charge is -2.31. The molecular weight excluding hydrogens is 372 g/mol. The van der Waals surface area contributed by atoms with E-state index >= 15 is 0 Å². The zero-order valence-corrected chi connectivity index (χ0v) is 15.3. The zero-order valence-electron chi connectivity index (χ0n) is 13.7. The number of hydrogen-bond acceptors (Lipinski definition) is 4. The van der Waals surface area contributed by atoms with Gasteiger partial charge in [-0.15, -0.1) is 0 Å². The Kier molecular flexibility index (Phi) is 5.30. The second-order valence-corrected chi connectivity index (χ2v) is 7.01. The van der Waals surface area contributed by atoms with E-state index < -0.39 is 0 Å². The van der Waals surface area contributed by atoms with Gasteiger partial charge in [-0.05, 0) is 38.1 Å². The molecule has 1 N–H and O–H groups in total. The fourth-order valence-corrected chi connectivity index (χ4v) is 3.44. The van der Waals surface area contributed by atoms with Crippen molar-refractivity contribution in [3.8, 4) is 0 Å². The predicted molar refractivity (Wildman–Crippen MR) is 97.0 cm³/mol. The molecule has 0 bridgehead atoms. The van der Waals surface area contributed by atoms with Crippen LogP contribution in [0.1, 0.15) is 19.3 Å². The molecule has 1 aromatic heterocycles. The first-order valence-corrected chi connectivity index (χ1v) is 8.97. The quantitative estimate of drug-likeness (QED) is 0.860. The van der Waals surface area contributed by atoms with Crippen LogP contribution in [0.3, 0.4) is 0 Å². The standard InChI is InChI=1S/C17H21BrN4O2/c1-19-13-4-7-21(8-5-13)16(23)6-9-22-11-20-15-3-2-12(18)10-14(15)17(22)24/h2-3,10-11,13,19H,4-9H2,1H3. The number of fused-ring (bicyclic) bond motifs is 1. The lowest BCUT2D eigenvalue weighted by molar-refractivity contribution is -0.132. The fourth-order valence-electron chi connectivity index (χ4n) is 3.08. The summed E-state index contributed by atoms with van der Waals surface area (Å²) < 4.78 is 2.36. The maximum atomic E-state index is 12.5. The van der Waals surface area contributed by atoms with E-state index in [1.54, 1.807) is 6.07 Å². The molecule has 2 aromatic rings. The first-order chi connectivity index (χ1) is 11.6. The first kappa shape index (κ1) is 17.1. The van der Waals surface area contributed by atoms with E-state index in [4.69, 9.17) is 0 Å². The molecule has 1 amide bonds. The number of aryl methyl sites for hydroxylation is 1. The van der Waals surface area contributed by atoms with Gasteiger partial charge < -0.3 is 10.2 Å². The summed E-state index contributed by atoms with van der Waals surface area (Å²) in [6, 6.07) is 5.94. The highest BCUT2D eigenvalue weighted by molar-refractivity contribution is 9.10. The van der Waals surface area contributed by atoms with Crippen molar-refractivity contribution < 1.29 is 4.79 Å². The SMILES string of the molecule is CNC1CCN(C(=O)CCn2cnc3ccc(Br)cc3c2=O)CC1. The van der Waals surface area contributed by atoms with E-state index in [-0.39, 0.29) is 11.5 Å². The largest absolute Gasteiger partial charge is 0.343 e. The van der Waals surface area contributed by atoms with Gasteiger partial charge in [0, 0.05) is 36.6 Å². The number of carbonyl (C=O) groups is 1. The maximum absolute atomic E-state index is 12.5. The summed E-state index contributed by atoms with van der Waals surface area (Å²) in [5, 5.41) is 3.82. The van der Waals surface area contributed by atoms with Crippen molar-refractivity contribution >= 4 is 32.7 Å². The number of nitrogens with zero attached hydrogens (tertiary/aromatic N) is 3. The lowest BCUT2D eigenvalue weighted by atomic mass is 10.1. The van der Waals surface area contributed by atoms with Crippen molar-refractivity contribution in [1.29, 1.82) is 0 Å². The Labute approximate surface area is 149 Å². The summed E-state index contributed by atoms with van der Waals surface area (Å²) in [4.78, 5) is 31.1. The third-order valence-corrected chi connectivity index (χ3v) is 5.10. The number of halogens is 1. The number of amides is 1. The molecule has 3 rings (SSSR count). The summed E-state index contributed by atoms with van der Waals surface area (Å²) in [6.07, 6.45) is 3.81. The molecule has 0 radical (unpaired) electrons. The summed E-state index contributed by atoms with van der Waals surface area (Å²) in [5.74, 6) is 0.103. The molecule has 1 saturated heterocycles. The molecule has 24 heavy (non-hydrogen) atoms. The Morgan fingerprint density at radius 2 is 2.12 bits per heavy atom. The van der Waals surface area contributed by atoms with Gasteiger partial charge in [0.15, 0.2) is 0 Å². The molecule has 0 saturated carbocycles. The van der Waals surface area contributed by atoms with Gasteiger partial charge in [0.05, 0.1) is 17.2 Å². The molecule has 0 aliphatic carbocycles. The summed E-state index contributed by atoms with van der Waals surface area (Å²) in [5.41, 5.74) is 0.558. The van der Waals surface area contributed by atoms with Crippen molar-refractivity contribution in [2.24, 2.45) is 0 Å².